The maximum absolute atomic E-state index is 12.1. The van der Waals surface area contributed by atoms with Crippen LogP contribution in [0.15, 0.2) is 24.3 Å². The summed E-state index contributed by atoms with van der Waals surface area (Å²) in [7, 11) is 0. The van der Waals surface area contributed by atoms with Crippen molar-refractivity contribution in [2.45, 2.75) is 40.0 Å². The van der Waals surface area contributed by atoms with E-state index in [1.807, 2.05) is 0 Å². The predicted molar refractivity (Wildman–Crippen MR) is 72.2 cm³/mol. The van der Waals surface area contributed by atoms with Gasteiger partial charge in [-0.05, 0) is 53.5 Å². The van der Waals surface area contributed by atoms with E-state index < -0.39 is 0 Å². The molecule has 1 radical (unpaired) electrons. The minimum atomic E-state index is 0.171. The SMILES string of the molecule is CCc1cc(CC)c2cc(CC)cc([O])c2c1. The molecule has 1 nitrogen and oxygen atoms in total. The van der Waals surface area contributed by atoms with Gasteiger partial charge in [-0.25, -0.2) is 0 Å². The molecule has 0 aliphatic carbocycles. The molecule has 0 N–H and O–H groups in total. The minimum absolute atomic E-state index is 0.171. The first-order valence-electron chi connectivity index (χ1n) is 6.45. The lowest BCUT2D eigenvalue weighted by Gasteiger charge is -2.10. The summed E-state index contributed by atoms with van der Waals surface area (Å²) >= 11 is 0. The highest BCUT2D eigenvalue weighted by Crippen LogP contribution is 2.31. The first-order chi connectivity index (χ1) is 8.19. The van der Waals surface area contributed by atoms with E-state index in [9.17, 15) is 5.11 Å². The highest BCUT2D eigenvalue weighted by atomic mass is 16.3. The number of rotatable bonds is 3. The van der Waals surface area contributed by atoms with E-state index in [1.54, 1.807) is 6.07 Å². The molecule has 2 aromatic rings. The predicted octanol–water partition coefficient (Wildman–Crippen LogP) is 4.67. The van der Waals surface area contributed by atoms with Crippen molar-refractivity contribution in [2.75, 3.05) is 0 Å². The van der Waals surface area contributed by atoms with Crippen molar-refractivity contribution in [1.82, 2.24) is 0 Å². The van der Waals surface area contributed by atoms with Gasteiger partial charge in [0.05, 0.1) is 0 Å². The van der Waals surface area contributed by atoms with Crippen LogP contribution in [0.4, 0.5) is 0 Å². The zero-order valence-electron chi connectivity index (χ0n) is 10.8. The summed E-state index contributed by atoms with van der Waals surface area (Å²) < 4.78 is 0. The van der Waals surface area contributed by atoms with Crippen molar-refractivity contribution in [1.29, 1.82) is 0 Å². The normalized spacial score (nSPS) is 11.0. The quantitative estimate of drug-likeness (QED) is 0.726. The molecule has 0 unspecified atom stereocenters. The molecule has 1 heteroatoms. The molecule has 0 saturated heterocycles. The van der Waals surface area contributed by atoms with Gasteiger partial charge in [-0.15, -0.1) is 0 Å². The zero-order chi connectivity index (χ0) is 12.4. The van der Waals surface area contributed by atoms with Gasteiger partial charge in [0.15, 0.2) is 5.75 Å². The monoisotopic (exact) mass is 227 g/mol. The van der Waals surface area contributed by atoms with Crippen molar-refractivity contribution in [3.05, 3.63) is 41.0 Å². The fourth-order valence-electron chi connectivity index (χ4n) is 2.33. The zero-order valence-corrected chi connectivity index (χ0v) is 10.8. The van der Waals surface area contributed by atoms with Gasteiger partial charge in [0, 0.05) is 5.39 Å². The number of aryl methyl sites for hydroxylation is 3. The topological polar surface area (TPSA) is 19.9 Å². The maximum atomic E-state index is 12.1. The van der Waals surface area contributed by atoms with Crippen molar-refractivity contribution < 1.29 is 5.11 Å². The van der Waals surface area contributed by atoms with Gasteiger partial charge in [0.2, 0.25) is 0 Å². The summed E-state index contributed by atoms with van der Waals surface area (Å²) in [5.41, 5.74) is 3.70. The van der Waals surface area contributed by atoms with Gasteiger partial charge in [0.25, 0.3) is 0 Å². The van der Waals surface area contributed by atoms with E-state index in [1.165, 1.54) is 11.1 Å². The molecule has 2 aromatic carbocycles. The molecule has 2 rings (SSSR count). The Kier molecular flexibility index (Phi) is 3.37. The summed E-state index contributed by atoms with van der Waals surface area (Å²) in [6, 6.07) is 8.24. The van der Waals surface area contributed by atoms with Crippen LogP contribution in [0.2, 0.25) is 0 Å². The summed E-state index contributed by atoms with van der Waals surface area (Å²) in [5, 5.41) is 14.1. The molecule has 0 aliphatic heterocycles. The van der Waals surface area contributed by atoms with Crippen LogP contribution in [0.25, 0.3) is 10.8 Å². The van der Waals surface area contributed by atoms with Gasteiger partial charge in [0.1, 0.15) is 0 Å². The Labute approximate surface area is 103 Å². The molecule has 0 aromatic heterocycles. The lowest BCUT2D eigenvalue weighted by atomic mass is 9.95. The standard InChI is InChI=1S/C16H19O/c1-4-11-7-13(6-3)14-8-12(5-2)10-16(17)15(14)9-11/h7-10H,4-6H2,1-3H3. The first kappa shape index (κ1) is 12.0. The van der Waals surface area contributed by atoms with Crippen LogP contribution in [-0.4, -0.2) is 0 Å². The van der Waals surface area contributed by atoms with E-state index in [0.29, 0.717) is 0 Å². The second kappa shape index (κ2) is 4.79. The Bertz CT molecular complexity index is 541. The summed E-state index contributed by atoms with van der Waals surface area (Å²) in [6.45, 7) is 6.37. The smallest absolute Gasteiger partial charge is 0.186 e. The van der Waals surface area contributed by atoms with E-state index in [4.69, 9.17) is 0 Å². The molecular weight excluding hydrogens is 208 g/mol. The van der Waals surface area contributed by atoms with Gasteiger partial charge < -0.3 is 0 Å². The second-order valence-corrected chi connectivity index (χ2v) is 4.50. The third-order valence-electron chi connectivity index (χ3n) is 3.43. The Morgan fingerprint density at radius 3 is 1.94 bits per heavy atom. The van der Waals surface area contributed by atoms with Gasteiger partial charge in [-0.1, -0.05) is 32.9 Å². The van der Waals surface area contributed by atoms with Gasteiger partial charge >= 0.3 is 0 Å². The lowest BCUT2D eigenvalue weighted by Crippen LogP contribution is -1.91. The molecule has 0 bridgehead atoms. The van der Waals surface area contributed by atoms with Crippen LogP contribution in [0.1, 0.15) is 37.5 Å². The minimum Gasteiger partial charge on any atom is -0.289 e. The Hall–Kier alpha value is -1.50. The van der Waals surface area contributed by atoms with E-state index in [-0.39, 0.29) is 5.75 Å². The van der Waals surface area contributed by atoms with Crippen LogP contribution in [-0.2, 0) is 24.4 Å². The number of fused-ring (bicyclic) bond motifs is 1. The molecule has 0 aliphatic rings. The Balaban J connectivity index is 2.79. The molecule has 17 heavy (non-hydrogen) atoms. The highest BCUT2D eigenvalue weighted by Gasteiger charge is 2.08. The molecule has 0 spiro atoms. The molecule has 0 amide bonds. The van der Waals surface area contributed by atoms with Crippen molar-refractivity contribution in [3.63, 3.8) is 0 Å². The molecular formula is C16H19O. The van der Waals surface area contributed by atoms with Crippen molar-refractivity contribution >= 4 is 10.8 Å². The molecule has 89 valence electrons. The molecule has 0 saturated carbocycles. The Morgan fingerprint density at radius 2 is 1.35 bits per heavy atom. The largest absolute Gasteiger partial charge is 0.289 e. The number of benzene rings is 2. The third kappa shape index (κ3) is 2.14. The van der Waals surface area contributed by atoms with Gasteiger partial charge in [-0.3, -0.25) is 5.11 Å². The average molecular weight is 227 g/mol. The second-order valence-electron chi connectivity index (χ2n) is 4.50. The van der Waals surface area contributed by atoms with Gasteiger partial charge in [-0.2, -0.15) is 0 Å². The highest BCUT2D eigenvalue weighted by molar-refractivity contribution is 5.92. The van der Waals surface area contributed by atoms with E-state index in [2.05, 4.69) is 39.0 Å². The van der Waals surface area contributed by atoms with Crippen LogP contribution in [0.3, 0.4) is 0 Å². The van der Waals surface area contributed by atoms with Crippen LogP contribution in [0.5, 0.6) is 5.75 Å². The summed E-state index contributed by atoms with van der Waals surface area (Å²) in [5.74, 6) is 0.171. The fourth-order valence-corrected chi connectivity index (χ4v) is 2.33. The fraction of sp³-hybridized carbons (Fsp3) is 0.375. The van der Waals surface area contributed by atoms with Crippen molar-refractivity contribution in [3.8, 4) is 5.75 Å². The number of hydrogen-bond acceptors (Lipinski definition) is 0. The average Bonchev–Trinajstić information content (AvgIpc) is 2.37. The van der Waals surface area contributed by atoms with Crippen LogP contribution >= 0.6 is 0 Å². The maximum Gasteiger partial charge on any atom is 0.186 e. The third-order valence-corrected chi connectivity index (χ3v) is 3.43. The van der Waals surface area contributed by atoms with Crippen LogP contribution in [0, 0.1) is 0 Å². The first-order valence-corrected chi connectivity index (χ1v) is 6.45. The molecule has 0 fully saturated rings. The molecule has 0 heterocycles. The van der Waals surface area contributed by atoms with Crippen LogP contribution < -0.4 is 0 Å². The molecule has 0 atom stereocenters. The number of hydrogen-bond donors (Lipinski definition) is 0. The summed E-state index contributed by atoms with van der Waals surface area (Å²) in [6.07, 6.45) is 2.89. The Morgan fingerprint density at radius 1 is 0.765 bits per heavy atom. The van der Waals surface area contributed by atoms with E-state index in [0.717, 1.165) is 35.6 Å². The van der Waals surface area contributed by atoms with Crippen molar-refractivity contribution in [2.24, 2.45) is 0 Å². The van der Waals surface area contributed by atoms with E-state index >= 15 is 0 Å². The lowest BCUT2D eigenvalue weighted by molar-refractivity contribution is 0.360. The summed E-state index contributed by atoms with van der Waals surface area (Å²) in [4.78, 5) is 0.